The Balaban J connectivity index is 3.06. The van der Waals surface area contributed by atoms with Crippen molar-refractivity contribution in [1.82, 2.24) is 0 Å². The summed E-state index contributed by atoms with van der Waals surface area (Å²) >= 11 is 5.58. The topological polar surface area (TPSA) is 44.5 Å². The summed E-state index contributed by atoms with van der Waals surface area (Å²) in [5.41, 5.74) is 0.658. The van der Waals surface area contributed by atoms with Gasteiger partial charge in [-0.15, -0.1) is 0 Å². The summed E-state index contributed by atoms with van der Waals surface area (Å²) < 4.78 is 17.9. The van der Waals surface area contributed by atoms with E-state index < -0.39 is 5.82 Å². The van der Waals surface area contributed by atoms with Crippen LogP contribution in [-0.4, -0.2) is 7.11 Å². The van der Waals surface area contributed by atoms with Crippen molar-refractivity contribution in [3.63, 3.8) is 0 Å². The molecule has 2 N–H and O–H groups in total. The van der Waals surface area contributed by atoms with Crippen molar-refractivity contribution >= 4 is 11.6 Å². The van der Waals surface area contributed by atoms with Gasteiger partial charge in [-0.25, -0.2) is 10.3 Å². The number of halogens is 2. The van der Waals surface area contributed by atoms with E-state index in [2.05, 4.69) is 4.84 Å². The SMILES string of the molecule is COc1cc(CON)cc(Cl)c1F. The van der Waals surface area contributed by atoms with Crippen molar-refractivity contribution in [2.45, 2.75) is 6.61 Å². The highest BCUT2D eigenvalue weighted by molar-refractivity contribution is 6.30. The maximum Gasteiger partial charge on any atom is 0.183 e. The van der Waals surface area contributed by atoms with Crippen LogP contribution in [0.15, 0.2) is 12.1 Å². The molecule has 13 heavy (non-hydrogen) atoms. The van der Waals surface area contributed by atoms with Crippen LogP contribution >= 0.6 is 11.6 Å². The molecule has 0 heterocycles. The minimum Gasteiger partial charge on any atom is -0.494 e. The van der Waals surface area contributed by atoms with Crippen LogP contribution in [0.4, 0.5) is 4.39 Å². The smallest absolute Gasteiger partial charge is 0.183 e. The number of ether oxygens (including phenoxy) is 1. The highest BCUT2D eigenvalue weighted by Gasteiger charge is 2.09. The minimum absolute atomic E-state index is 0.00796. The van der Waals surface area contributed by atoms with Gasteiger partial charge >= 0.3 is 0 Å². The molecular formula is C8H9ClFNO2. The van der Waals surface area contributed by atoms with Gasteiger partial charge in [0.25, 0.3) is 0 Å². The zero-order chi connectivity index (χ0) is 9.84. The highest BCUT2D eigenvalue weighted by Crippen LogP contribution is 2.26. The predicted molar refractivity (Wildman–Crippen MR) is 46.9 cm³/mol. The van der Waals surface area contributed by atoms with Gasteiger partial charge < -0.3 is 4.74 Å². The molecule has 0 saturated carbocycles. The Labute approximate surface area is 80.2 Å². The number of hydrogen-bond acceptors (Lipinski definition) is 3. The van der Waals surface area contributed by atoms with E-state index in [4.69, 9.17) is 22.2 Å². The summed E-state index contributed by atoms with van der Waals surface area (Å²) in [4.78, 5) is 4.39. The summed E-state index contributed by atoms with van der Waals surface area (Å²) in [7, 11) is 1.36. The number of nitrogens with two attached hydrogens (primary N) is 1. The average Bonchev–Trinajstić information content (AvgIpc) is 2.11. The highest BCUT2D eigenvalue weighted by atomic mass is 35.5. The molecule has 0 aliphatic rings. The molecule has 3 nitrogen and oxygen atoms in total. The van der Waals surface area contributed by atoms with Crippen molar-refractivity contribution in [3.05, 3.63) is 28.5 Å². The fourth-order valence-electron chi connectivity index (χ4n) is 0.945. The fourth-order valence-corrected chi connectivity index (χ4v) is 1.18. The Morgan fingerprint density at radius 1 is 1.54 bits per heavy atom. The average molecular weight is 206 g/mol. The van der Waals surface area contributed by atoms with Crippen LogP contribution in [0.25, 0.3) is 0 Å². The lowest BCUT2D eigenvalue weighted by atomic mass is 10.2. The summed E-state index contributed by atoms with van der Waals surface area (Å²) in [5.74, 6) is 4.37. The van der Waals surface area contributed by atoms with Gasteiger partial charge in [0.05, 0.1) is 18.7 Å². The minimum atomic E-state index is -0.579. The van der Waals surface area contributed by atoms with E-state index in [0.29, 0.717) is 5.56 Å². The number of benzene rings is 1. The van der Waals surface area contributed by atoms with Crippen LogP contribution < -0.4 is 10.6 Å². The molecule has 0 atom stereocenters. The van der Waals surface area contributed by atoms with Crippen molar-refractivity contribution < 1.29 is 14.0 Å². The maximum atomic E-state index is 13.1. The first-order chi connectivity index (χ1) is 6.19. The molecule has 0 aliphatic heterocycles. The maximum absolute atomic E-state index is 13.1. The Hall–Kier alpha value is -0.840. The zero-order valence-electron chi connectivity index (χ0n) is 7.01. The molecule has 72 valence electrons. The van der Waals surface area contributed by atoms with Crippen molar-refractivity contribution in [2.24, 2.45) is 5.90 Å². The molecule has 0 unspecified atom stereocenters. The first kappa shape index (κ1) is 10.2. The Morgan fingerprint density at radius 2 is 2.23 bits per heavy atom. The van der Waals surface area contributed by atoms with Crippen molar-refractivity contribution in [3.8, 4) is 5.75 Å². The lowest BCUT2D eigenvalue weighted by molar-refractivity contribution is 0.124. The van der Waals surface area contributed by atoms with E-state index in [1.54, 1.807) is 0 Å². The molecule has 0 fully saturated rings. The lowest BCUT2D eigenvalue weighted by Gasteiger charge is -2.06. The standard InChI is InChI=1S/C8H9ClFNO2/c1-12-7-3-5(4-13-11)2-6(9)8(7)10/h2-3H,4,11H2,1H3. The number of hydrogen-bond donors (Lipinski definition) is 1. The van der Waals surface area contributed by atoms with Crippen LogP contribution in [0.3, 0.4) is 0 Å². The van der Waals surface area contributed by atoms with E-state index in [1.165, 1.54) is 19.2 Å². The normalized spacial score (nSPS) is 10.2. The second-order valence-electron chi connectivity index (χ2n) is 2.40. The third-order valence-corrected chi connectivity index (χ3v) is 1.80. The van der Waals surface area contributed by atoms with E-state index in [-0.39, 0.29) is 17.4 Å². The molecular weight excluding hydrogens is 197 g/mol. The van der Waals surface area contributed by atoms with Gasteiger partial charge in [-0.1, -0.05) is 11.6 Å². The first-order valence-corrected chi connectivity index (χ1v) is 3.90. The Morgan fingerprint density at radius 3 is 2.77 bits per heavy atom. The van der Waals surface area contributed by atoms with E-state index in [1.807, 2.05) is 0 Å². The number of rotatable bonds is 3. The Bertz CT molecular complexity index is 306. The van der Waals surface area contributed by atoms with E-state index >= 15 is 0 Å². The summed E-state index contributed by atoms with van der Waals surface area (Å²) in [6.07, 6.45) is 0. The van der Waals surface area contributed by atoms with Gasteiger partial charge in [0.15, 0.2) is 11.6 Å². The van der Waals surface area contributed by atoms with Gasteiger partial charge in [-0.2, -0.15) is 0 Å². The van der Waals surface area contributed by atoms with Crippen LogP contribution in [-0.2, 0) is 11.4 Å². The Kier molecular flexibility index (Phi) is 3.48. The van der Waals surface area contributed by atoms with Gasteiger partial charge in [0, 0.05) is 0 Å². The molecule has 0 aromatic heterocycles. The fraction of sp³-hybridized carbons (Fsp3) is 0.250. The third kappa shape index (κ3) is 2.30. The van der Waals surface area contributed by atoms with Gasteiger partial charge in [-0.3, -0.25) is 4.84 Å². The molecule has 0 radical (unpaired) electrons. The molecule has 1 aromatic rings. The number of methoxy groups -OCH3 is 1. The summed E-state index contributed by atoms with van der Waals surface area (Å²) in [6.45, 7) is 0.163. The van der Waals surface area contributed by atoms with Gasteiger partial charge in [0.2, 0.25) is 0 Å². The zero-order valence-corrected chi connectivity index (χ0v) is 7.77. The van der Waals surface area contributed by atoms with Crippen LogP contribution in [0.1, 0.15) is 5.56 Å². The molecule has 0 spiro atoms. The lowest BCUT2D eigenvalue weighted by Crippen LogP contribution is -2.00. The van der Waals surface area contributed by atoms with Crippen LogP contribution in [0.2, 0.25) is 5.02 Å². The van der Waals surface area contributed by atoms with E-state index in [9.17, 15) is 4.39 Å². The van der Waals surface area contributed by atoms with Gasteiger partial charge in [-0.05, 0) is 17.7 Å². The van der Waals surface area contributed by atoms with Gasteiger partial charge in [0.1, 0.15) is 0 Å². The molecule has 5 heteroatoms. The van der Waals surface area contributed by atoms with Crippen LogP contribution in [0, 0.1) is 5.82 Å². The quantitative estimate of drug-likeness (QED) is 0.767. The monoisotopic (exact) mass is 205 g/mol. The largest absolute Gasteiger partial charge is 0.494 e. The first-order valence-electron chi connectivity index (χ1n) is 3.52. The van der Waals surface area contributed by atoms with Crippen LogP contribution in [0.5, 0.6) is 5.75 Å². The summed E-state index contributed by atoms with van der Waals surface area (Å²) in [6, 6.07) is 2.92. The molecule has 0 aliphatic carbocycles. The third-order valence-electron chi connectivity index (χ3n) is 1.52. The summed E-state index contributed by atoms with van der Waals surface area (Å²) in [5, 5.41) is -0.00796. The van der Waals surface area contributed by atoms with Crippen molar-refractivity contribution in [1.29, 1.82) is 0 Å². The molecule has 0 amide bonds. The molecule has 1 rings (SSSR count). The van der Waals surface area contributed by atoms with Crippen molar-refractivity contribution in [2.75, 3.05) is 7.11 Å². The second kappa shape index (κ2) is 4.41. The molecule has 1 aromatic carbocycles. The van der Waals surface area contributed by atoms with E-state index in [0.717, 1.165) is 0 Å². The molecule has 0 bridgehead atoms. The predicted octanol–water partition coefficient (Wildman–Crippen LogP) is 1.88. The second-order valence-corrected chi connectivity index (χ2v) is 2.81. The molecule has 0 saturated heterocycles.